The second kappa shape index (κ2) is 4.97. The zero-order valence-electron chi connectivity index (χ0n) is 9.36. The quantitative estimate of drug-likeness (QED) is 0.593. The van der Waals surface area contributed by atoms with Crippen LogP contribution in [0.15, 0.2) is 43.0 Å². The largest absolute Gasteiger partial charge is 0.356 e. The van der Waals surface area contributed by atoms with E-state index in [2.05, 4.69) is 24.0 Å². The molecular formula is C14H17NO. The summed E-state index contributed by atoms with van der Waals surface area (Å²) in [5.74, 6) is 0.813. The van der Waals surface area contributed by atoms with Gasteiger partial charge in [0.2, 0.25) is 5.91 Å². The number of benzene rings is 1. The Bertz CT molecular complexity index is 372. The Morgan fingerprint density at radius 2 is 2.19 bits per heavy atom. The van der Waals surface area contributed by atoms with Crippen molar-refractivity contribution >= 4 is 5.91 Å². The van der Waals surface area contributed by atoms with E-state index in [1.807, 2.05) is 24.3 Å². The third kappa shape index (κ3) is 2.51. The van der Waals surface area contributed by atoms with Crippen molar-refractivity contribution in [2.45, 2.75) is 18.8 Å². The second-order valence-electron chi connectivity index (χ2n) is 4.23. The van der Waals surface area contributed by atoms with Gasteiger partial charge < -0.3 is 5.32 Å². The van der Waals surface area contributed by atoms with Crippen LogP contribution in [-0.2, 0) is 4.79 Å². The molecule has 1 fully saturated rings. The maximum atomic E-state index is 11.7. The molecule has 1 saturated carbocycles. The van der Waals surface area contributed by atoms with Gasteiger partial charge in [-0.2, -0.15) is 0 Å². The molecule has 1 aromatic carbocycles. The molecule has 2 heteroatoms. The van der Waals surface area contributed by atoms with E-state index in [9.17, 15) is 4.79 Å². The Morgan fingerprint density at radius 1 is 1.44 bits per heavy atom. The molecule has 1 aliphatic carbocycles. The lowest BCUT2D eigenvalue weighted by Crippen LogP contribution is -2.26. The fourth-order valence-corrected chi connectivity index (χ4v) is 1.98. The van der Waals surface area contributed by atoms with Gasteiger partial charge in [-0.1, -0.05) is 36.4 Å². The van der Waals surface area contributed by atoms with Gasteiger partial charge in [0, 0.05) is 12.5 Å². The van der Waals surface area contributed by atoms with Crippen molar-refractivity contribution in [2.24, 2.45) is 5.92 Å². The Morgan fingerprint density at radius 3 is 2.88 bits per heavy atom. The minimum absolute atomic E-state index is 0.187. The van der Waals surface area contributed by atoms with Crippen LogP contribution in [0.3, 0.4) is 0 Å². The summed E-state index contributed by atoms with van der Waals surface area (Å²) >= 11 is 0. The fourth-order valence-electron chi connectivity index (χ4n) is 1.98. The van der Waals surface area contributed by atoms with Crippen molar-refractivity contribution in [3.8, 4) is 0 Å². The third-order valence-corrected chi connectivity index (χ3v) is 3.00. The molecular weight excluding hydrogens is 198 g/mol. The number of nitrogens with one attached hydrogen (secondary N) is 1. The lowest BCUT2D eigenvalue weighted by atomic mass is 10.1. The summed E-state index contributed by atoms with van der Waals surface area (Å²) < 4.78 is 0. The summed E-state index contributed by atoms with van der Waals surface area (Å²) in [6, 6.07) is 10.3. The summed E-state index contributed by atoms with van der Waals surface area (Å²) in [6.07, 6.45) is 3.65. The number of carbonyl (C=O) groups is 1. The molecule has 0 saturated heterocycles. The van der Waals surface area contributed by atoms with Crippen molar-refractivity contribution in [2.75, 3.05) is 6.54 Å². The van der Waals surface area contributed by atoms with Crippen LogP contribution in [-0.4, -0.2) is 12.5 Å². The van der Waals surface area contributed by atoms with Gasteiger partial charge >= 0.3 is 0 Å². The van der Waals surface area contributed by atoms with Crippen LogP contribution in [0.25, 0.3) is 0 Å². The van der Waals surface area contributed by atoms with Gasteiger partial charge in [0.1, 0.15) is 0 Å². The van der Waals surface area contributed by atoms with Crippen LogP contribution in [0.1, 0.15) is 24.3 Å². The summed E-state index contributed by atoms with van der Waals surface area (Å²) in [5, 5.41) is 2.94. The first-order valence-corrected chi connectivity index (χ1v) is 5.76. The van der Waals surface area contributed by atoms with Crippen LogP contribution in [0, 0.1) is 5.92 Å². The van der Waals surface area contributed by atoms with Gasteiger partial charge in [0.05, 0.1) is 0 Å². The van der Waals surface area contributed by atoms with E-state index in [1.165, 1.54) is 5.56 Å². The molecule has 16 heavy (non-hydrogen) atoms. The van der Waals surface area contributed by atoms with E-state index in [0.717, 1.165) is 12.8 Å². The first-order valence-electron chi connectivity index (χ1n) is 5.76. The van der Waals surface area contributed by atoms with Gasteiger partial charge in [-0.25, -0.2) is 0 Å². The first kappa shape index (κ1) is 10.9. The molecule has 0 aromatic heterocycles. The number of hydrogen-bond donors (Lipinski definition) is 1. The van der Waals surface area contributed by atoms with E-state index < -0.39 is 0 Å². The number of amides is 1. The lowest BCUT2D eigenvalue weighted by Gasteiger charge is -2.02. The Hall–Kier alpha value is -1.57. The molecule has 2 atom stereocenters. The Labute approximate surface area is 96.4 Å². The van der Waals surface area contributed by atoms with E-state index in [0.29, 0.717) is 12.5 Å². The van der Waals surface area contributed by atoms with E-state index in [-0.39, 0.29) is 11.8 Å². The SMILES string of the molecule is C=CCCNC(=O)C1CC1c1ccccc1. The maximum absolute atomic E-state index is 11.7. The highest BCUT2D eigenvalue weighted by molar-refractivity contribution is 5.82. The lowest BCUT2D eigenvalue weighted by molar-refractivity contribution is -0.122. The fraction of sp³-hybridized carbons (Fsp3) is 0.357. The predicted molar refractivity (Wildman–Crippen MR) is 65.1 cm³/mol. The summed E-state index contributed by atoms with van der Waals surface area (Å²) in [7, 11) is 0. The molecule has 0 bridgehead atoms. The van der Waals surface area contributed by atoms with Gasteiger partial charge in [-0.3, -0.25) is 4.79 Å². The van der Waals surface area contributed by atoms with Crippen LogP contribution in [0.4, 0.5) is 0 Å². The average Bonchev–Trinajstić information content (AvgIpc) is 3.10. The Balaban J connectivity index is 1.82. The van der Waals surface area contributed by atoms with E-state index >= 15 is 0 Å². The first-order chi connectivity index (χ1) is 7.83. The van der Waals surface area contributed by atoms with Crippen LogP contribution in [0.2, 0.25) is 0 Å². The van der Waals surface area contributed by atoms with Gasteiger partial charge in [0.15, 0.2) is 0 Å². The highest BCUT2D eigenvalue weighted by atomic mass is 16.2. The second-order valence-corrected chi connectivity index (χ2v) is 4.23. The molecule has 2 unspecified atom stereocenters. The third-order valence-electron chi connectivity index (χ3n) is 3.00. The molecule has 0 aliphatic heterocycles. The smallest absolute Gasteiger partial charge is 0.223 e. The van der Waals surface area contributed by atoms with E-state index in [4.69, 9.17) is 0 Å². The monoisotopic (exact) mass is 215 g/mol. The topological polar surface area (TPSA) is 29.1 Å². The van der Waals surface area contributed by atoms with Crippen molar-refractivity contribution < 1.29 is 4.79 Å². The highest BCUT2D eigenvalue weighted by Gasteiger charge is 2.43. The van der Waals surface area contributed by atoms with Crippen molar-refractivity contribution in [3.05, 3.63) is 48.6 Å². The number of rotatable bonds is 5. The van der Waals surface area contributed by atoms with Crippen molar-refractivity contribution in [1.82, 2.24) is 5.32 Å². The minimum atomic E-state index is 0.187. The summed E-state index contributed by atoms with van der Waals surface area (Å²) in [6.45, 7) is 4.34. The normalized spacial score (nSPS) is 22.5. The highest BCUT2D eigenvalue weighted by Crippen LogP contribution is 2.47. The van der Waals surface area contributed by atoms with Crippen LogP contribution in [0.5, 0.6) is 0 Å². The zero-order valence-corrected chi connectivity index (χ0v) is 9.36. The molecule has 0 radical (unpaired) electrons. The maximum Gasteiger partial charge on any atom is 0.223 e. The molecule has 84 valence electrons. The molecule has 1 amide bonds. The van der Waals surface area contributed by atoms with Crippen molar-refractivity contribution in [1.29, 1.82) is 0 Å². The van der Waals surface area contributed by atoms with E-state index in [1.54, 1.807) is 0 Å². The molecule has 0 heterocycles. The Kier molecular flexibility index (Phi) is 3.40. The van der Waals surface area contributed by atoms with Crippen LogP contribution >= 0.6 is 0 Å². The minimum Gasteiger partial charge on any atom is -0.356 e. The standard InChI is InChI=1S/C14H17NO/c1-2-3-9-15-14(16)13-10-12(13)11-7-5-4-6-8-11/h2,4-8,12-13H,1,3,9-10H2,(H,15,16). The van der Waals surface area contributed by atoms with Crippen molar-refractivity contribution in [3.63, 3.8) is 0 Å². The summed E-state index contributed by atoms with van der Waals surface area (Å²) in [4.78, 5) is 11.7. The molecule has 1 aliphatic rings. The molecule has 1 aromatic rings. The molecule has 2 nitrogen and oxygen atoms in total. The molecule has 2 rings (SSSR count). The average molecular weight is 215 g/mol. The van der Waals surface area contributed by atoms with Gasteiger partial charge in [-0.05, 0) is 24.3 Å². The summed E-state index contributed by atoms with van der Waals surface area (Å²) in [5.41, 5.74) is 1.28. The predicted octanol–water partition coefficient (Wildman–Crippen LogP) is 2.48. The molecule has 1 N–H and O–H groups in total. The number of carbonyl (C=O) groups excluding carboxylic acids is 1. The zero-order chi connectivity index (χ0) is 11.4. The van der Waals surface area contributed by atoms with Crippen LogP contribution < -0.4 is 5.32 Å². The molecule has 0 spiro atoms. The number of hydrogen-bond acceptors (Lipinski definition) is 1. The van der Waals surface area contributed by atoms with Gasteiger partial charge in [-0.15, -0.1) is 6.58 Å². The van der Waals surface area contributed by atoms with Gasteiger partial charge in [0.25, 0.3) is 0 Å².